The summed E-state index contributed by atoms with van der Waals surface area (Å²) in [5, 5.41) is 0. The molecule has 20 heavy (non-hydrogen) atoms. The number of imidazole rings is 1. The molecule has 1 aliphatic rings. The number of nitrogens with zero attached hydrogens (tertiary/aromatic N) is 2. The minimum absolute atomic E-state index is 0.0323. The van der Waals surface area contributed by atoms with Crippen LogP contribution in [-0.2, 0) is 11.4 Å². The summed E-state index contributed by atoms with van der Waals surface area (Å²) in [6.07, 6.45) is -4.95. The van der Waals surface area contributed by atoms with Crippen molar-refractivity contribution in [1.29, 1.82) is 0 Å². The summed E-state index contributed by atoms with van der Waals surface area (Å²) in [6.45, 7) is 0. The van der Waals surface area contributed by atoms with Gasteiger partial charge in [-0.3, -0.25) is 0 Å². The first kappa shape index (κ1) is 13.6. The molecule has 1 heterocycles. The smallest absolute Gasteiger partial charge is 0.309 e. The lowest BCUT2D eigenvalue weighted by atomic mass is 10.2. The average molecular weight is 311 g/mol. The molecule has 0 bridgehead atoms. The zero-order valence-corrected chi connectivity index (χ0v) is 10.7. The first-order chi connectivity index (χ1) is 9.32. The van der Waals surface area contributed by atoms with Gasteiger partial charge >= 0.3 is 6.18 Å². The van der Waals surface area contributed by atoms with Crippen LogP contribution in [0.4, 0.5) is 22.0 Å². The van der Waals surface area contributed by atoms with E-state index in [2.05, 4.69) is 4.98 Å². The molecule has 2 aromatic rings. The van der Waals surface area contributed by atoms with Crippen LogP contribution < -0.4 is 0 Å². The molecule has 1 aromatic heterocycles. The summed E-state index contributed by atoms with van der Waals surface area (Å²) in [7, 11) is 0. The van der Waals surface area contributed by atoms with Gasteiger partial charge in [-0.05, 0) is 25.0 Å². The zero-order chi connectivity index (χ0) is 14.7. The molecule has 1 aliphatic carbocycles. The Balaban J connectivity index is 2.37. The fourth-order valence-electron chi connectivity index (χ4n) is 2.45. The maximum atomic E-state index is 13.9. The van der Waals surface area contributed by atoms with E-state index in [1.165, 1.54) is 0 Å². The Bertz CT molecular complexity index is 687. The fraction of sp³-hybridized carbons (Fsp3) is 0.417. The highest BCUT2D eigenvalue weighted by Gasteiger charge is 2.66. The van der Waals surface area contributed by atoms with E-state index in [4.69, 9.17) is 11.6 Å². The Morgan fingerprint density at radius 2 is 1.90 bits per heavy atom. The van der Waals surface area contributed by atoms with Crippen molar-refractivity contribution in [3.8, 4) is 0 Å². The normalized spacial score (nSPS) is 17.7. The van der Waals surface area contributed by atoms with Crippen LogP contribution in [0.2, 0.25) is 0 Å². The standard InChI is InChI=1S/C12H8ClF5N2/c13-5-8-19-7-2-1-6(14)9(15)10(7)20(8)11(3-4-11)12(16,17)18/h1-2H,3-5H2. The Kier molecular flexibility index (Phi) is 2.77. The Hall–Kier alpha value is -1.37. The number of fused-ring (bicyclic) bond motifs is 1. The van der Waals surface area contributed by atoms with Gasteiger partial charge in [0, 0.05) is 0 Å². The van der Waals surface area contributed by atoms with Gasteiger partial charge in [0.1, 0.15) is 16.9 Å². The van der Waals surface area contributed by atoms with Crippen LogP contribution in [0, 0.1) is 11.6 Å². The van der Waals surface area contributed by atoms with Gasteiger partial charge in [-0.15, -0.1) is 11.6 Å². The minimum atomic E-state index is -4.57. The molecule has 8 heteroatoms. The summed E-state index contributed by atoms with van der Waals surface area (Å²) in [5.41, 5.74) is -2.73. The third-order valence-corrected chi connectivity index (χ3v) is 3.82. The summed E-state index contributed by atoms with van der Waals surface area (Å²) >= 11 is 5.61. The average Bonchev–Trinajstić information content (AvgIpc) is 3.10. The van der Waals surface area contributed by atoms with E-state index in [0.717, 1.165) is 12.1 Å². The number of aromatic nitrogens is 2. The fourth-order valence-corrected chi connectivity index (χ4v) is 2.63. The zero-order valence-electron chi connectivity index (χ0n) is 9.94. The van der Waals surface area contributed by atoms with Crippen molar-refractivity contribution in [2.45, 2.75) is 30.4 Å². The third-order valence-electron chi connectivity index (χ3n) is 3.58. The van der Waals surface area contributed by atoms with Gasteiger partial charge < -0.3 is 4.57 Å². The second-order valence-corrected chi connectivity index (χ2v) is 5.02. The van der Waals surface area contributed by atoms with E-state index < -0.39 is 28.9 Å². The second-order valence-electron chi connectivity index (χ2n) is 4.76. The molecule has 1 fully saturated rings. The van der Waals surface area contributed by atoms with Crippen LogP contribution in [0.25, 0.3) is 11.0 Å². The Morgan fingerprint density at radius 1 is 1.25 bits per heavy atom. The van der Waals surface area contributed by atoms with Gasteiger partial charge in [0.15, 0.2) is 11.6 Å². The van der Waals surface area contributed by atoms with E-state index >= 15 is 0 Å². The lowest BCUT2D eigenvalue weighted by Gasteiger charge is -2.23. The highest BCUT2D eigenvalue weighted by atomic mass is 35.5. The van der Waals surface area contributed by atoms with Gasteiger partial charge in [0.2, 0.25) is 0 Å². The van der Waals surface area contributed by atoms with Crippen LogP contribution in [0.1, 0.15) is 18.7 Å². The molecule has 1 saturated carbocycles. The first-order valence-corrected chi connectivity index (χ1v) is 6.34. The van der Waals surface area contributed by atoms with Crippen LogP contribution in [0.15, 0.2) is 12.1 Å². The molecular weight excluding hydrogens is 303 g/mol. The monoisotopic (exact) mass is 310 g/mol. The minimum Gasteiger partial charge on any atom is -0.309 e. The van der Waals surface area contributed by atoms with E-state index in [1.807, 2.05) is 0 Å². The number of hydrogen-bond donors (Lipinski definition) is 0. The van der Waals surface area contributed by atoms with Crippen molar-refractivity contribution in [3.05, 3.63) is 29.6 Å². The van der Waals surface area contributed by atoms with Crippen LogP contribution in [0.3, 0.4) is 0 Å². The SMILES string of the molecule is Fc1ccc2nc(CCl)n(C3(C(F)(F)F)CC3)c2c1F. The van der Waals surface area contributed by atoms with Crippen LogP contribution in [0.5, 0.6) is 0 Å². The highest BCUT2D eigenvalue weighted by molar-refractivity contribution is 6.16. The molecule has 0 N–H and O–H groups in total. The van der Waals surface area contributed by atoms with E-state index in [9.17, 15) is 22.0 Å². The number of hydrogen-bond acceptors (Lipinski definition) is 1. The molecule has 108 valence electrons. The molecule has 1 aromatic carbocycles. The maximum absolute atomic E-state index is 13.9. The molecule has 0 radical (unpaired) electrons. The van der Waals surface area contributed by atoms with E-state index in [-0.39, 0.29) is 30.1 Å². The van der Waals surface area contributed by atoms with Crippen molar-refractivity contribution in [1.82, 2.24) is 9.55 Å². The Morgan fingerprint density at radius 3 is 2.40 bits per heavy atom. The van der Waals surface area contributed by atoms with Gasteiger partial charge in [0.25, 0.3) is 0 Å². The molecule has 0 spiro atoms. The Labute approximate surface area is 115 Å². The second kappa shape index (κ2) is 4.07. The molecule has 0 amide bonds. The van der Waals surface area contributed by atoms with Crippen molar-refractivity contribution in [2.75, 3.05) is 0 Å². The van der Waals surface area contributed by atoms with Crippen molar-refractivity contribution >= 4 is 22.6 Å². The molecule has 0 unspecified atom stereocenters. The first-order valence-electron chi connectivity index (χ1n) is 5.80. The molecule has 0 saturated heterocycles. The van der Waals surface area contributed by atoms with Gasteiger partial charge in [0.05, 0.1) is 11.4 Å². The van der Waals surface area contributed by atoms with E-state index in [0.29, 0.717) is 4.57 Å². The number of alkyl halides is 4. The molecular formula is C12H8ClF5N2. The summed E-state index contributed by atoms with van der Waals surface area (Å²) in [4.78, 5) is 3.88. The maximum Gasteiger partial charge on any atom is 0.412 e. The summed E-state index contributed by atoms with van der Waals surface area (Å²) in [6, 6.07) is 1.98. The predicted molar refractivity (Wildman–Crippen MR) is 62.5 cm³/mol. The van der Waals surface area contributed by atoms with Crippen LogP contribution >= 0.6 is 11.6 Å². The van der Waals surface area contributed by atoms with Gasteiger partial charge in [-0.1, -0.05) is 0 Å². The van der Waals surface area contributed by atoms with Crippen molar-refractivity contribution in [3.63, 3.8) is 0 Å². The molecule has 0 aliphatic heterocycles. The lowest BCUT2D eigenvalue weighted by molar-refractivity contribution is -0.179. The largest absolute Gasteiger partial charge is 0.412 e. The van der Waals surface area contributed by atoms with E-state index in [1.54, 1.807) is 0 Å². The molecule has 3 rings (SSSR count). The highest BCUT2D eigenvalue weighted by Crippen LogP contribution is 2.57. The predicted octanol–water partition coefficient (Wildman–Crippen LogP) is 4.10. The number of rotatable bonds is 2. The molecule has 2 nitrogen and oxygen atoms in total. The third kappa shape index (κ3) is 1.65. The summed E-state index contributed by atoms with van der Waals surface area (Å²) < 4.78 is 67.6. The molecule has 0 atom stereocenters. The van der Waals surface area contributed by atoms with Gasteiger partial charge in [-0.25, -0.2) is 13.8 Å². The number of benzene rings is 1. The lowest BCUT2D eigenvalue weighted by Crippen LogP contribution is -2.36. The number of halogens is 6. The van der Waals surface area contributed by atoms with Gasteiger partial charge in [-0.2, -0.15) is 13.2 Å². The quantitative estimate of drug-likeness (QED) is 0.603. The summed E-state index contributed by atoms with van der Waals surface area (Å²) in [5.74, 6) is -2.96. The van der Waals surface area contributed by atoms with Crippen molar-refractivity contribution in [2.24, 2.45) is 0 Å². The van der Waals surface area contributed by atoms with Crippen molar-refractivity contribution < 1.29 is 22.0 Å². The topological polar surface area (TPSA) is 17.8 Å². The van der Waals surface area contributed by atoms with Crippen LogP contribution in [-0.4, -0.2) is 15.7 Å².